The molecule has 0 unspecified atom stereocenters. The van der Waals surface area contributed by atoms with Gasteiger partial charge in [-0.15, -0.1) is 0 Å². The molecule has 2 N–H and O–H groups in total. The molecule has 3 rings (SSSR count). The van der Waals surface area contributed by atoms with Crippen LogP contribution in [0.4, 0.5) is 4.79 Å². The third kappa shape index (κ3) is 3.11. The van der Waals surface area contributed by atoms with Gasteiger partial charge in [0.05, 0.1) is 13.0 Å². The van der Waals surface area contributed by atoms with Crippen molar-refractivity contribution >= 4 is 11.9 Å². The Morgan fingerprint density at radius 3 is 2.65 bits per heavy atom. The molecule has 3 amide bonds. The topological polar surface area (TPSA) is 75.9 Å². The summed E-state index contributed by atoms with van der Waals surface area (Å²) in [5.41, 5.74) is 7.67. The summed E-state index contributed by atoms with van der Waals surface area (Å²) < 4.78 is 5.29. The molecule has 1 aromatic rings. The van der Waals surface area contributed by atoms with Crippen LogP contribution in [0, 0.1) is 0 Å². The van der Waals surface area contributed by atoms with Gasteiger partial charge in [0.15, 0.2) is 0 Å². The summed E-state index contributed by atoms with van der Waals surface area (Å²) in [5, 5.41) is 0. The molecule has 1 aliphatic heterocycles. The first-order chi connectivity index (χ1) is 11.1. The number of rotatable bonds is 2. The van der Waals surface area contributed by atoms with Gasteiger partial charge in [0, 0.05) is 26.2 Å². The average Bonchev–Trinajstić information content (AvgIpc) is 2.80. The van der Waals surface area contributed by atoms with Gasteiger partial charge in [0.25, 0.3) is 0 Å². The predicted octanol–water partition coefficient (Wildman–Crippen LogP) is 1.34. The third-order valence-corrected chi connectivity index (χ3v) is 4.85. The SMILES string of the molecule is COc1ccc2c(c1)[C@H](C(=O)N1CCCN(C(N)=O)CC1)CC2. The maximum absolute atomic E-state index is 12.9. The Balaban J connectivity index is 1.74. The minimum Gasteiger partial charge on any atom is -0.497 e. The second-order valence-corrected chi connectivity index (χ2v) is 6.16. The van der Waals surface area contributed by atoms with Crippen molar-refractivity contribution in [3.8, 4) is 5.75 Å². The molecule has 1 saturated heterocycles. The fourth-order valence-electron chi connectivity index (χ4n) is 3.54. The highest BCUT2D eigenvalue weighted by molar-refractivity contribution is 5.85. The zero-order valence-electron chi connectivity index (χ0n) is 13.5. The molecule has 1 fully saturated rings. The van der Waals surface area contributed by atoms with Gasteiger partial charge in [0.2, 0.25) is 5.91 Å². The van der Waals surface area contributed by atoms with Gasteiger partial charge in [-0.25, -0.2) is 4.79 Å². The minimum atomic E-state index is -0.407. The molecule has 124 valence electrons. The van der Waals surface area contributed by atoms with Crippen LogP contribution in [0.1, 0.15) is 29.9 Å². The Hall–Kier alpha value is -2.24. The van der Waals surface area contributed by atoms with Crippen molar-refractivity contribution in [1.82, 2.24) is 9.80 Å². The molecular formula is C17H23N3O3. The van der Waals surface area contributed by atoms with E-state index < -0.39 is 6.03 Å². The molecular weight excluding hydrogens is 294 g/mol. The quantitative estimate of drug-likeness (QED) is 0.894. The Kier molecular flexibility index (Phi) is 4.41. The Bertz CT molecular complexity index is 617. The number of nitrogens with zero attached hydrogens (tertiary/aromatic N) is 2. The first-order valence-corrected chi connectivity index (χ1v) is 8.10. The molecule has 1 aromatic carbocycles. The van der Waals surface area contributed by atoms with Gasteiger partial charge in [-0.05, 0) is 42.5 Å². The van der Waals surface area contributed by atoms with Crippen LogP contribution in [0.5, 0.6) is 5.75 Å². The van der Waals surface area contributed by atoms with E-state index >= 15 is 0 Å². The van der Waals surface area contributed by atoms with Gasteiger partial charge in [0.1, 0.15) is 5.75 Å². The summed E-state index contributed by atoms with van der Waals surface area (Å²) in [6.45, 7) is 2.36. The van der Waals surface area contributed by atoms with Crippen molar-refractivity contribution < 1.29 is 14.3 Å². The minimum absolute atomic E-state index is 0.0970. The monoisotopic (exact) mass is 317 g/mol. The number of carbonyl (C=O) groups is 2. The molecule has 0 saturated carbocycles. The fraction of sp³-hybridized carbons (Fsp3) is 0.529. The van der Waals surface area contributed by atoms with E-state index in [2.05, 4.69) is 6.07 Å². The van der Waals surface area contributed by atoms with Gasteiger partial charge in [-0.3, -0.25) is 4.79 Å². The molecule has 0 aromatic heterocycles. The number of amides is 3. The van der Waals surface area contributed by atoms with E-state index in [0.717, 1.165) is 30.6 Å². The van der Waals surface area contributed by atoms with Crippen molar-refractivity contribution in [1.29, 1.82) is 0 Å². The highest BCUT2D eigenvalue weighted by atomic mass is 16.5. The highest BCUT2D eigenvalue weighted by Crippen LogP contribution is 2.36. The van der Waals surface area contributed by atoms with Crippen LogP contribution in [0.25, 0.3) is 0 Å². The molecule has 1 atom stereocenters. The largest absolute Gasteiger partial charge is 0.497 e. The summed E-state index contributed by atoms with van der Waals surface area (Å²) in [6.07, 6.45) is 2.54. The van der Waals surface area contributed by atoms with Crippen LogP contribution in [-0.4, -0.2) is 55.0 Å². The smallest absolute Gasteiger partial charge is 0.314 e. The molecule has 6 heteroatoms. The number of hydrogen-bond acceptors (Lipinski definition) is 3. The van der Waals surface area contributed by atoms with Crippen LogP contribution in [0.15, 0.2) is 18.2 Å². The number of primary amides is 1. The summed E-state index contributed by atoms with van der Waals surface area (Å²) in [7, 11) is 1.64. The van der Waals surface area contributed by atoms with E-state index in [1.54, 1.807) is 12.0 Å². The van der Waals surface area contributed by atoms with Crippen molar-refractivity contribution in [2.45, 2.75) is 25.2 Å². The lowest BCUT2D eigenvalue weighted by Crippen LogP contribution is -2.40. The van der Waals surface area contributed by atoms with E-state index in [9.17, 15) is 9.59 Å². The maximum atomic E-state index is 12.9. The molecule has 1 heterocycles. The molecule has 0 radical (unpaired) electrons. The zero-order valence-corrected chi connectivity index (χ0v) is 13.5. The van der Waals surface area contributed by atoms with Crippen molar-refractivity contribution in [2.75, 3.05) is 33.3 Å². The molecule has 0 bridgehead atoms. The van der Waals surface area contributed by atoms with Crippen molar-refractivity contribution in [2.24, 2.45) is 5.73 Å². The molecule has 1 aliphatic carbocycles. The number of ether oxygens (including phenoxy) is 1. The Labute approximate surface area is 136 Å². The van der Waals surface area contributed by atoms with Gasteiger partial charge < -0.3 is 20.3 Å². The highest BCUT2D eigenvalue weighted by Gasteiger charge is 2.33. The fourth-order valence-corrected chi connectivity index (χ4v) is 3.54. The zero-order chi connectivity index (χ0) is 16.4. The van der Waals surface area contributed by atoms with Crippen molar-refractivity contribution in [3.05, 3.63) is 29.3 Å². The van der Waals surface area contributed by atoms with Crippen LogP contribution in [-0.2, 0) is 11.2 Å². The molecule has 6 nitrogen and oxygen atoms in total. The molecule has 0 spiro atoms. The lowest BCUT2D eigenvalue weighted by molar-refractivity contribution is -0.132. The maximum Gasteiger partial charge on any atom is 0.314 e. The van der Waals surface area contributed by atoms with E-state index in [-0.39, 0.29) is 11.8 Å². The van der Waals surface area contributed by atoms with E-state index in [4.69, 9.17) is 10.5 Å². The summed E-state index contributed by atoms with van der Waals surface area (Å²) in [5.74, 6) is 0.850. The normalized spacial score (nSPS) is 20.8. The molecule has 2 aliphatic rings. The lowest BCUT2D eigenvalue weighted by atomic mass is 9.99. The summed E-state index contributed by atoms with van der Waals surface area (Å²) in [4.78, 5) is 27.7. The number of aryl methyl sites for hydroxylation is 1. The lowest BCUT2D eigenvalue weighted by Gasteiger charge is -2.24. The number of nitrogens with two attached hydrogens (primary N) is 1. The average molecular weight is 317 g/mol. The Morgan fingerprint density at radius 2 is 1.91 bits per heavy atom. The van der Waals surface area contributed by atoms with Crippen LogP contribution in [0.2, 0.25) is 0 Å². The predicted molar refractivity (Wildman–Crippen MR) is 86.4 cm³/mol. The van der Waals surface area contributed by atoms with Crippen LogP contribution >= 0.6 is 0 Å². The second-order valence-electron chi connectivity index (χ2n) is 6.16. The first kappa shape index (κ1) is 15.6. The van der Waals surface area contributed by atoms with E-state index in [0.29, 0.717) is 26.2 Å². The summed E-state index contributed by atoms with van der Waals surface area (Å²) >= 11 is 0. The number of urea groups is 1. The van der Waals surface area contributed by atoms with Gasteiger partial charge >= 0.3 is 6.03 Å². The van der Waals surface area contributed by atoms with Gasteiger partial charge in [-0.2, -0.15) is 0 Å². The van der Waals surface area contributed by atoms with Gasteiger partial charge in [-0.1, -0.05) is 6.07 Å². The van der Waals surface area contributed by atoms with Crippen LogP contribution in [0.3, 0.4) is 0 Å². The van der Waals surface area contributed by atoms with E-state index in [1.165, 1.54) is 5.56 Å². The standard InChI is InChI=1S/C17H23N3O3/c1-23-13-5-3-12-4-6-14(15(12)11-13)16(21)19-7-2-8-20(10-9-19)17(18)22/h3,5,11,14H,2,4,6-10H2,1H3,(H2,18,22)/t14-/m1/s1. The molecule has 23 heavy (non-hydrogen) atoms. The summed E-state index contributed by atoms with van der Waals surface area (Å²) in [6, 6.07) is 5.58. The number of fused-ring (bicyclic) bond motifs is 1. The number of methoxy groups -OCH3 is 1. The van der Waals surface area contributed by atoms with E-state index in [1.807, 2.05) is 17.0 Å². The number of benzene rings is 1. The first-order valence-electron chi connectivity index (χ1n) is 8.10. The van der Waals surface area contributed by atoms with Crippen molar-refractivity contribution in [3.63, 3.8) is 0 Å². The third-order valence-electron chi connectivity index (χ3n) is 4.85. The second kappa shape index (κ2) is 6.48. The Morgan fingerprint density at radius 1 is 1.17 bits per heavy atom. The number of carbonyl (C=O) groups excluding carboxylic acids is 2. The van der Waals surface area contributed by atoms with Crippen LogP contribution < -0.4 is 10.5 Å². The number of hydrogen-bond donors (Lipinski definition) is 1.